The van der Waals surface area contributed by atoms with E-state index in [0.29, 0.717) is 10.7 Å². The second-order valence-corrected chi connectivity index (χ2v) is 5.62. The van der Waals surface area contributed by atoms with Crippen molar-refractivity contribution in [1.29, 1.82) is 0 Å². The van der Waals surface area contributed by atoms with Gasteiger partial charge in [0.1, 0.15) is 0 Å². The molecule has 1 aromatic heterocycles. The number of aliphatic hydroxyl groups is 1. The quantitative estimate of drug-likeness (QED) is 0.749. The zero-order valence-electron chi connectivity index (χ0n) is 12.8. The largest absolute Gasteiger partial charge is 0.394 e. The smallest absolute Gasteiger partial charge is 0.272 e. The summed E-state index contributed by atoms with van der Waals surface area (Å²) in [7, 11) is 0. The SMILES string of the molecule is O=C(NC(CO)c1ccccc1)c1ccn(-c2ccccc2Cl)n1. The summed E-state index contributed by atoms with van der Waals surface area (Å²) >= 11 is 6.14. The summed E-state index contributed by atoms with van der Waals surface area (Å²) in [4.78, 5) is 12.4. The lowest BCUT2D eigenvalue weighted by Gasteiger charge is -2.15. The van der Waals surface area contributed by atoms with Crippen LogP contribution < -0.4 is 5.32 Å². The molecular formula is C18H16ClN3O2. The van der Waals surface area contributed by atoms with Crippen LogP contribution in [0.5, 0.6) is 0 Å². The molecule has 0 radical (unpaired) electrons. The molecule has 1 unspecified atom stereocenters. The van der Waals surface area contributed by atoms with Gasteiger partial charge in [0, 0.05) is 6.20 Å². The van der Waals surface area contributed by atoms with Crippen LogP contribution in [0.4, 0.5) is 0 Å². The van der Waals surface area contributed by atoms with Gasteiger partial charge in [0.15, 0.2) is 5.69 Å². The molecule has 24 heavy (non-hydrogen) atoms. The number of rotatable bonds is 5. The number of carbonyl (C=O) groups is 1. The molecule has 122 valence electrons. The van der Waals surface area contributed by atoms with Crippen molar-refractivity contribution in [2.45, 2.75) is 6.04 Å². The predicted molar refractivity (Wildman–Crippen MR) is 92.3 cm³/mol. The Bertz CT molecular complexity index is 833. The Labute approximate surface area is 144 Å². The normalized spacial score (nSPS) is 11.9. The minimum atomic E-state index is -0.482. The predicted octanol–water partition coefficient (Wildman–Crippen LogP) is 2.99. The van der Waals surface area contributed by atoms with Crippen LogP contribution in [-0.4, -0.2) is 27.4 Å². The standard InChI is InChI=1S/C18H16ClN3O2/c19-14-8-4-5-9-17(14)22-11-10-15(21-22)18(24)20-16(12-23)13-6-2-1-3-7-13/h1-11,16,23H,12H2,(H,20,24). The molecule has 2 aromatic carbocycles. The summed E-state index contributed by atoms with van der Waals surface area (Å²) < 4.78 is 1.55. The van der Waals surface area contributed by atoms with Gasteiger partial charge in [-0.25, -0.2) is 4.68 Å². The van der Waals surface area contributed by atoms with E-state index in [1.54, 1.807) is 23.0 Å². The van der Waals surface area contributed by atoms with E-state index < -0.39 is 6.04 Å². The Kier molecular flexibility index (Phi) is 4.93. The zero-order chi connectivity index (χ0) is 16.9. The van der Waals surface area contributed by atoms with E-state index in [0.717, 1.165) is 5.56 Å². The summed E-state index contributed by atoms with van der Waals surface area (Å²) in [5, 5.41) is 17.1. The molecule has 0 saturated carbocycles. The van der Waals surface area contributed by atoms with Gasteiger partial charge >= 0.3 is 0 Å². The van der Waals surface area contributed by atoms with Crippen molar-refractivity contribution in [3.8, 4) is 5.69 Å². The zero-order valence-corrected chi connectivity index (χ0v) is 13.5. The third-order valence-corrected chi connectivity index (χ3v) is 3.93. The van der Waals surface area contributed by atoms with Gasteiger partial charge in [-0.05, 0) is 23.8 Å². The fraction of sp³-hybridized carbons (Fsp3) is 0.111. The molecule has 0 spiro atoms. The summed E-state index contributed by atoms with van der Waals surface area (Å²) in [5.41, 5.74) is 1.78. The molecule has 0 fully saturated rings. The summed E-state index contributed by atoms with van der Waals surface area (Å²) in [6.45, 7) is -0.193. The van der Waals surface area contributed by atoms with Crippen LogP contribution in [0.25, 0.3) is 5.69 Å². The number of benzene rings is 2. The van der Waals surface area contributed by atoms with Crippen molar-refractivity contribution >= 4 is 17.5 Å². The van der Waals surface area contributed by atoms with Crippen molar-refractivity contribution in [3.05, 3.63) is 83.1 Å². The Morgan fingerprint density at radius 3 is 2.54 bits per heavy atom. The minimum absolute atomic E-state index is 0.193. The number of halogens is 1. The summed E-state index contributed by atoms with van der Waals surface area (Å²) in [5.74, 6) is -0.358. The van der Waals surface area contributed by atoms with E-state index in [1.165, 1.54) is 0 Å². The van der Waals surface area contributed by atoms with Crippen LogP contribution in [0, 0.1) is 0 Å². The number of carbonyl (C=O) groups excluding carboxylic acids is 1. The first-order valence-electron chi connectivity index (χ1n) is 7.46. The molecule has 0 saturated heterocycles. The maximum absolute atomic E-state index is 12.4. The van der Waals surface area contributed by atoms with Crippen LogP contribution in [0.2, 0.25) is 5.02 Å². The van der Waals surface area contributed by atoms with Crippen LogP contribution in [0.1, 0.15) is 22.1 Å². The first-order valence-corrected chi connectivity index (χ1v) is 7.84. The van der Waals surface area contributed by atoms with E-state index in [-0.39, 0.29) is 18.2 Å². The highest BCUT2D eigenvalue weighted by Gasteiger charge is 2.17. The van der Waals surface area contributed by atoms with Crippen molar-refractivity contribution < 1.29 is 9.90 Å². The molecule has 1 atom stereocenters. The fourth-order valence-electron chi connectivity index (χ4n) is 2.37. The van der Waals surface area contributed by atoms with Gasteiger partial charge in [-0.2, -0.15) is 5.10 Å². The average Bonchev–Trinajstić information content (AvgIpc) is 3.10. The lowest BCUT2D eigenvalue weighted by Crippen LogP contribution is -2.31. The van der Waals surface area contributed by atoms with Crippen LogP contribution >= 0.6 is 11.6 Å². The van der Waals surface area contributed by atoms with Crippen LogP contribution in [0.15, 0.2) is 66.9 Å². The number of hydrogen-bond acceptors (Lipinski definition) is 3. The maximum atomic E-state index is 12.4. The Morgan fingerprint density at radius 2 is 1.83 bits per heavy atom. The summed E-state index contributed by atoms with van der Waals surface area (Å²) in [6, 6.07) is 17.7. The topological polar surface area (TPSA) is 67.2 Å². The molecule has 1 amide bonds. The molecule has 0 bridgehead atoms. The average molecular weight is 342 g/mol. The maximum Gasteiger partial charge on any atom is 0.272 e. The number of para-hydroxylation sites is 1. The molecule has 5 nitrogen and oxygen atoms in total. The third kappa shape index (κ3) is 3.48. The second-order valence-electron chi connectivity index (χ2n) is 5.22. The molecule has 3 aromatic rings. The highest BCUT2D eigenvalue weighted by atomic mass is 35.5. The Hall–Kier alpha value is -2.63. The van der Waals surface area contributed by atoms with Crippen molar-refractivity contribution in [2.75, 3.05) is 6.61 Å². The lowest BCUT2D eigenvalue weighted by atomic mass is 10.1. The van der Waals surface area contributed by atoms with Gasteiger partial charge in [0.25, 0.3) is 5.91 Å². The molecule has 3 rings (SSSR count). The Morgan fingerprint density at radius 1 is 1.12 bits per heavy atom. The van der Waals surface area contributed by atoms with Crippen LogP contribution in [0.3, 0.4) is 0 Å². The first-order chi connectivity index (χ1) is 11.7. The van der Waals surface area contributed by atoms with Gasteiger partial charge < -0.3 is 10.4 Å². The number of aromatic nitrogens is 2. The molecule has 0 aliphatic carbocycles. The van der Waals surface area contributed by atoms with Crippen molar-refractivity contribution in [1.82, 2.24) is 15.1 Å². The lowest BCUT2D eigenvalue weighted by molar-refractivity contribution is 0.0910. The number of amides is 1. The fourth-order valence-corrected chi connectivity index (χ4v) is 2.59. The number of nitrogens with zero attached hydrogens (tertiary/aromatic N) is 2. The second kappa shape index (κ2) is 7.29. The van der Waals surface area contributed by atoms with Crippen molar-refractivity contribution in [3.63, 3.8) is 0 Å². The van der Waals surface area contributed by atoms with Gasteiger partial charge in [-0.3, -0.25) is 4.79 Å². The van der Waals surface area contributed by atoms with E-state index in [9.17, 15) is 9.90 Å². The van der Waals surface area contributed by atoms with E-state index in [4.69, 9.17) is 11.6 Å². The number of aliphatic hydroxyl groups excluding tert-OH is 1. The highest BCUT2D eigenvalue weighted by molar-refractivity contribution is 6.32. The molecule has 2 N–H and O–H groups in total. The van der Waals surface area contributed by atoms with Gasteiger partial charge in [-0.15, -0.1) is 0 Å². The third-order valence-electron chi connectivity index (χ3n) is 3.61. The number of hydrogen-bond donors (Lipinski definition) is 2. The van der Waals surface area contributed by atoms with Gasteiger partial charge in [0.2, 0.25) is 0 Å². The van der Waals surface area contributed by atoms with Gasteiger partial charge in [0.05, 0.1) is 23.4 Å². The van der Waals surface area contributed by atoms with Crippen molar-refractivity contribution in [2.24, 2.45) is 0 Å². The molecule has 0 aliphatic heterocycles. The Balaban J connectivity index is 1.78. The monoisotopic (exact) mass is 341 g/mol. The first kappa shape index (κ1) is 16.2. The van der Waals surface area contributed by atoms with Gasteiger partial charge in [-0.1, -0.05) is 54.1 Å². The molecular weight excluding hydrogens is 326 g/mol. The molecule has 1 heterocycles. The highest BCUT2D eigenvalue weighted by Crippen LogP contribution is 2.19. The van der Waals surface area contributed by atoms with E-state index in [2.05, 4.69) is 10.4 Å². The van der Waals surface area contributed by atoms with Crippen LogP contribution in [-0.2, 0) is 0 Å². The van der Waals surface area contributed by atoms with E-state index in [1.807, 2.05) is 48.5 Å². The number of nitrogens with one attached hydrogen (secondary N) is 1. The molecule has 0 aliphatic rings. The minimum Gasteiger partial charge on any atom is -0.394 e. The van der Waals surface area contributed by atoms with E-state index >= 15 is 0 Å². The summed E-state index contributed by atoms with van der Waals surface area (Å²) in [6.07, 6.45) is 1.67. The molecule has 6 heteroatoms.